The van der Waals surface area contributed by atoms with Gasteiger partial charge in [0.15, 0.2) is 11.3 Å². The van der Waals surface area contributed by atoms with Crippen molar-refractivity contribution in [2.24, 2.45) is 14.1 Å². The van der Waals surface area contributed by atoms with E-state index in [9.17, 15) is 4.79 Å². The number of anilines is 1. The van der Waals surface area contributed by atoms with Gasteiger partial charge in [0.2, 0.25) is 11.9 Å². The summed E-state index contributed by atoms with van der Waals surface area (Å²) in [5.41, 5.74) is 3.19. The second kappa shape index (κ2) is 10.2. The van der Waals surface area contributed by atoms with Crippen molar-refractivity contribution < 1.29 is 14.1 Å². The molecule has 2 atom stereocenters. The lowest BCUT2D eigenvalue weighted by Crippen LogP contribution is -2.49. The maximum atomic E-state index is 13.7. The van der Waals surface area contributed by atoms with Gasteiger partial charge >= 0.3 is 5.82 Å². The Morgan fingerprint density at radius 3 is 2.84 bits per heavy atom. The fourth-order valence-corrected chi connectivity index (χ4v) is 6.58. The summed E-state index contributed by atoms with van der Waals surface area (Å²) in [5, 5.41) is 11.3. The fourth-order valence-electron chi connectivity index (χ4n) is 5.34. The Bertz CT molecular complexity index is 1220. The first kappa shape index (κ1) is 27.9. The molecule has 0 saturated carbocycles. The number of halogens is 1. The minimum Gasteiger partial charge on any atom is -0.379 e. The summed E-state index contributed by atoms with van der Waals surface area (Å²) in [4.78, 5) is 18.4. The van der Waals surface area contributed by atoms with Gasteiger partial charge in [-0.25, -0.2) is 4.98 Å². The number of rotatable bonds is 9. The molecule has 4 heterocycles. The van der Waals surface area contributed by atoms with E-state index >= 15 is 0 Å². The average molecular weight is 593 g/mol. The van der Waals surface area contributed by atoms with Crippen LogP contribution in [0.25, 0.3) is 5.57 Å². The van der Waals surface area contributed by atoms with Crippen molar-refractivity contribution >= 4 is 47.0 Å². The zero-order valence-corrected chi connectivity index (χ0v) is 26.1. The molecule has 0 radical (unpaired) electrons. The number of ether oxygens (including phenoxy) is 1. The second-order valence-electron chi connectivity index (χ2n) is 12.6. The molecule has 9 nitrogen and oxygen atoms in total. The number of quaternary nitrogens is 1. The van der Waals surface area contributed by atoms with E-state index in [4.69, 9.17) is 9.72 Å². The Morgan fingerprint density at radius 1 is 1.41 bits per heavy atom. The molecule has 2 aliphatic rings. The molecule has 0 aromatic carbocycles. The smallest absolute Gasteiger partial charge is 0.379 e. The van der Waals surface area contributed by atoms with Crippen LogP contribution < -0.4 is 19.7 Å². The van der Waals surface area contributed by atoms with Gasteiger partial charge in [-0.3, -0.25) is 9.48 Å². The number of carbonyl (C=O) groups is 1. The highest BCUT2D eigenvalue weighted by Crippen LogP contribution is 2.37. The molecular weight excluding hydrogens is 550 g/mol. The molecule has 1 amide bonds. The highest BCUT2D eigenvalue weighted by molar-refractivity contribution is 9.10. The van der Waals surface area contributed by atoms with E-state index in [0.29, 0.717) is 27.1 Å². The predicted molar refractivity (Wildman–Crippen MR) is 154 cm³/mol. The quantitative estimate of drug-likeness (QED) is 0.201. The molecule has 37 heavy (non-hydrogen) atoms. The molecule has 2 aromatic heterocycles. The number of amides is 1. The summed E-state index contributed by atoms with van der Waals surface area (Å²) < 4.78 is 11.2. The van der Waals surface area contributed by atoms with Crippen LogP contribution in [0.2, 0.25) is 25.7 Å². The van der Waals surface area contributed by atoms with Crippen molar-refractivity contribution in [3.05, 3.63) is 34.6 Å². The number of hydrogen-bond donors (Lipinski definition) is 2. The molecule has 202 valence electrons. The monoisotopic (exact) mass is 591 g/mol. The topological polar surface area (TPSA) is 85.0 Å². The summed E-state index contributed by atoms with van der Waals surface area (Å²) >= 11 is 3.52. The van der Waals surface area contributed by atoms with Crippen LogP contribution in [0.4, 0.5) is 11.5 Å². The Hall–Kier alpha value is -2.08. The predicted octanol–water partition coefficient (Wildman–Crippen LogP) is 3.72. The Kier molecular flexibility index (Phi) is 7.73. The molecule has 0 spiro atoms. The first-order valence-electron chi connectivity index (χ1n) is 13.0. The van der Waals surface area contributed by atoms with Gasteiger partial charge in [0.05, 0.1) is 31.2 Å². The SMILES string of the molecule is Cn1ncc2c1CCC(CC(C)(C)NC(=O)C1=C[N+](C)(COCC[Si](C)(C)C)c3c1nc(Br)c[n+]3C)N2. The summed E-state index contributed by atoms with van der Waals surface area (Å²) in [6.07, 6.45) is 8.60. The minimum absolute atomic E-state index is 0.112. The van der Waals surface area contributed by atoms with Gasteiger partial charge in [-0.1, -0.05) is 19.6 Å². The molecule has 2 aromatic rings. The summed E-state index contributed by atoms with van der Waals surface area (Å²) in [6.45, 7) is 12.4. The van der Waals surface area contributed by atoms with Gasteiger partial charge in [0.25, 0.3) is 5.91 Å². The Labute approximate surface area is 230 Å². The van der Waals surface area contributed by atoms with Gasteiger partial charge in [0, 0.05) is 26.7 Å². The second-order valence-corrected chi connectivity index (χ2v) is 19.0. The standard InChI is InChI=1S/C26H41BrN7O2Si/c1-26(2,13-18-9-10-21-20(29-18)14-28-33(21)4)31-24(35)19-16-34(5,17-36-11-12-37(6,7)8)25-23(19)30-22(27)15-32(25)3/h14-16,18,29H,9-13,17H2,1-8H3/q+1/p+1. The molecule has 0 bridgehead atoms. The molecule has 0 aliphatic carbocycles. The van der Waals surface area contributed by atoms with Gasteiger partial charge in [-0.2, -0.15) is 9.58 Å². The van der Waals surface area contributed by atoms with E-state index < -0.39 is 13.6 Å². The minimum atomic E-state index is -1.19. The maximum absolute atomic E-state index is 13.7. The number of hydrogen-bond acceptors (Lipinski definition) is 5. The lowest BCUT2D eigenvalue weighted by molar-refractivity contribution is -0.665. The molecule has 2 aliphatic heterocycles. The summed E-state index contributed by atoms with van der Waals surface area (Å²) in [5.74, 6) is 0.830. The molecule has 0 fully saturated rings. The summed E-state index contributed by atoms with van der Waals surface area (Å²) in [6, 6.07) is 1.37. The molecule has 2 unspecified atom stereocenters. The van der Waals surface area contributed by atoms with Crippen molar-refractivity contribution in [3.63, 3.8) is 0 Å². The van der Waals surface area contributed by atoms with Crippen LogP contribution in [-0.4, -0.2) is 60.7 Å². The van der Waals surface area contributed by atoms with Crippen LogP contribution in [0.5, 0.6) is 0 Å². The van der Waals surface area contributed by atoms with Crippen LogP contribution in [0.15, 0.2) is 23.2 Å². The van der Waals surface area contributed by atoms with E-state index in [0.717, 1.165) is 43.4 Å². The molecular formula is C26H42BrN7O2Si+2. The first-order chi connectivity index (χ1) is 17.2. The number of aryl methyl sites for hydroxylation is 2. The van der Waals surface area contributed by atoms with Crippen molar-refractivity contribution in [2.45, 2.75) is 70.4 Å². The zero-order valence-electron chi connectivity index (χ0n) is 23.5. The molecule has 0 saturated heterocycles. The van der Waals surface area contributed by atoms with Crippen LogP contribution in [0, 0.1) is 0 Å². The van der Waals surface area contributed by atoms with E-state index in [1.54, 1.807) is 0 Å². The van der Waals surface area contributed by atoms with E-state index in [2.05, 4.69) is 72.2 Å². The molecule has 11 heteroatoms. The molecule has 4 rings (SSSR count). The Balaban J connectivity index is 1.50. The van der Waals surface area contributed by atoms with Crippen molar-refractivity contribution in [1.82, 2.24) is 24.6 Å². The maximum Gasteiger partial charge on any atom is 0.402 e. The highest BCUT2D eigenvalue weighted by atomic mass is 79.9. The van der Waals surface area contributed by atoms with Gasteiger partial charge in [-0.15, -0.1) is 4.57 Å². The number of nitrogens with one attached hydrogen (secondary N) is 2. The third-order valence-corrected chi connectivity index (χ3v) is 9.26. The average Bonchev–Trinajstić information content (AvgIpc) is 3.27. The van der Waals surface area contributed by atoms with Crippen molar-refractivity contribution in [2.75, 3.05) is 25.7 Å². The largest absolute Gasteiger partial charge is 0.402 e. The lowest BCUT2D eigenvalue weighted by atomic mass is 9.90. The van der Waals surface area contributed by atoms with Gasteiger partial charge in [0.1, 0.15) is 18.8 Å². The lowest BCUT2D eigenvalue weighted by Gasteiger charge is -2.33. The first-order valence-corrected chi connectivity index (χ1v) is 17.5. The Morgan fingerprint density at radius 2 is 2.14 bits per heavy atom. The van der Waals surface area contributed by atoms with Gasteiger partial charge in [-0.05, 0) is 55.1 Å². The number of aromatic nitrogens is 4. The summed E-state index contributed by atoms with van der Waals surface area (Å²) in [7, 11) is 4.86. The van der Waals surface area contributed by atoms with E-state index in [1.807, 2.05) is 41.9 Å². The van der Waals surface area contributed by atoms with Crippen LogP contribution >= 0.6 is 15.9 Å². The normalized spacial score (nSPS) is 21.2. The van der Waals surface area contributed by atoms with E-state index in [-0.39, 0.29) is 11.9 Å². The number of carbonyl (C=O) groups excluding carboxylic acids is 1. The molecule has 2 N–H and O–H groups in total. The number of nitrogens with zero attached hydrogens (tertiary/aromatic N) is 5. The van der Waals surface area contributed by atoms with Crippen LogP contribution in [0.3, 0.4) is 0 Å². The highest BCUT2D eigenvalue weighted by Gasteiger charge is 2.48. The third-order valence-electron chi connectivity index (χ3n) is 7.18. The van der Waals surface area contributed by atoms with Gasteiger partial charge < -0.3 is 15.4 Å². The van der Waals surface area contributed by atoms with Crippen LogP contribution in [-0.2, 0) is 30.0 Å². The third kappa shape index (κ3) is 6.32. The van der Waals surface area contributed by atoms with Crippen molar-refractivity contribution in [1.29, 1.82) is 0 Å². The number of fused-ring (bicyclic) bond motifs is 2. The fraction of sp³-hybridized carbons (Fsp3) is 0.615. The van der Waals surface area contributed by atoms with E-state index in [1.165, 1.54) is 5.69 Å². The van der Waals surface area contributed by atoms with Crippen molar-refractivity contribution in [3.8, 4) is 0 Å². The zero-order chi connectivity index (χ0) is 27.2. The van der Waals surface area contributed by atoms with Crippen LogP contribution in [0.1, 0.15) is 38.1 Å².